The molecule has 1 aliphatic carbocycles. The topological polar surface area (TPSA) is 21.7 Å². The van der Waals surface area contributed by atoms with Gasteiger partial charge in [0.25, 0.3) is 5.82 Å². The highest BCUT2D eigenvalue weighted by Crippen LogP contribution is 2.43. The van der Waals surface area contributed by atoms with E-state index in [2.05, 4.69) is 76.8 Å². The van der Waals surface area contributed by atoms with Crippen LogP contribution in [0.3, 0.4) is 0 Å². The number of benzene rings is 2. The fourth-order valence-electron chi connectivity index (χ4n) is 5.01. The SMILES string of the molecule is Cc1cc(C)c(-n2cc[n+]3c2-c2ccccc2C3)c2c1-c1cnccc1C2. The number of pyridine rings is 1. The van der Waals surface area contributed by atoms with E-state index in [1.165, 1.54) is 56.0 Å². The van der Waals surface area contributed by atoms with Crippen molar-refractivity contribution in [2.45, 2.75) is 26.8 Å². The number of fused-ring (bicyclic) bond motifs is 6. The van der Waals surface area contributed by atoms with E-state index in [4.69, 9.17) is 0 Å². The second kappa shape index (κ2) is 5.17. The van der Waals surface area contributed by atoms with Crippen molar-refractivity contribution in [3.63, 3.8) is 0 Å². The Morgan fingerprint density at radius 2 is 1.89 bits per heavy atom. The van der Waals surface area contributed by atoms with Gasteiger partial charge in [0.1, 0.15) is 24.6 Å². The van der Waals surface area contributed by atoms with Gasteiger partial charge in [-0.15, -0.1) is 0 Å². The molecule has 4 aromatic rings. The van der Waals surface area contributed by atoms with Gasteiger partial charge in [0, 0.05) is 35.5 Å². The third kappa shape index (κ3) is 1.91. The molecule has 3 nitrogen and oxygen atoms in total. The summed E-state index contributed by atoms with van der Waals surface area (Å²) in [5.41, 5.74) is 12.2. The summed E-state index contributed by atoms with van der Waals surface area (Å²) < 4.78 is 4.76. The van der Waals surface area contributed by atoms with Crippen LogP contribution in [0.5, 0.6) is 0 Å². The van der Waals surface area contributed by atoms with Crippen molar-refractivity contribution in [1.82, 2.24) is 9.55 Å². The Morgan fingerprint density at radius 1 is 1.00 bits per heavy atom. The molecule has 0 radical (unpaired) electrons. The lowest BCUT2D eigenvalue weighted by Crippen LogP contribution is -2.30. The summed E-state index contributed by atoms with van der Waals surface area (Å²) in [5, 5.41) is 0. The first-order valence-corrected chi connectivity index (χ1v) is 9.48. The maximum absolute atomic E-state index is 4.39. The maximum Gasteiger partial charge on any atom is 0.294 e. The van der Waals surface area contributed by atoms with Gasteiger partial charge >= 0.3 is 0 Å². The normalized spacial score (nSPS) is 13.3. The fourth-order valence-corrected chi connectivity index (χ4v) is 5.01. The summed E-state index contributed by atoms with van der Waals surface area (Å²) in [7, 11) is 0. The number of aromatic nitrogens is 3. The van der Waals surface area contributed by atoms with Crippen molar-refractivity contribution in [3.05, 3.63) is 89.0 Å². The number of hydrogen-bond acceptors (Lipinski definition) is 1. The first kappa shape index (κ1) is 14.9. The highest BCUT2D eigenvalue weighted by atomic mass is 15.2. The minimum atomic E-state index is 0.954. The summed E-state index contributed by atoms with van der Waals surface area (Å²) in [5.74, 6) is 1.29. The van der Waals surface area contributed by atoms with Crippen molar-refractivity contribution in [3.8, 4) is 28.2 Å². The Balaban J connectivity index is 1.65. The number of hydrogen-bond donors (Lipinski definition) is 0. The summed E-state index contributed by atoms with van der Waals surface area (Å²) in [6.07, 6.45) is 9.35. The Labute approximate surface area is 158 Å². The molecule has 130 valence electrons. The van der Waals surface area contributed by atoms with Crippen LogP contribution < -0.4 is 4.57 Å². The van der Waals surface area contributed by atoms with Gasteiger partial charge in [0.05, 0.1) is 5.56 Å². The monoisotopic (exact) mass is 350 g/mol. The molecule has 3 heterocycles. The zero-order valence-electron chi connectivity index (χ0n) is 15.5. The summed E-state index contributed by atoms with van der Waals surface area (Å²) in [6.45, 7) is 5.42. The molecule has 0 atom stereocenters. The molecule has 2 aliphatic rings. The van der Waals surface area contributed by atoms with Gasteiger partial charge in [0.15, 0.2) is 0 Å². The molecule has 0 saturated heterocycles. The molecule has 6 rings (SSSR count). The van der Waals surface area contributed by atoms with Crippen molar-refractivity contribution < 1.29 is 4.57 Å². The molecule has 0 unspecified atom stereocenters. The Hall–Kier alpha value is -3.20. The molecule has 0 saturated carbocycles. The quantitative estimate of drug-likeness (QED) is 0.403. The smallest absolute Gasteiger partial charge is 0.264 e. The maximum atomic E-state index is 4.39. The third-order valence-corrected chi connectivity index (χ3v) is 6.07. The molecule has 1 aliphatic heterocycles. The van der Waals surface area contributed by atoms with E-state index in [0.29, 0.717) is 0 Å². The zero-order chi connectivity index (χ0) is 18.1. The fraction of sp³-hybridized carbons (Fsp3) is 0.167. The van der Waals surface area contributed by atoms with Crippen LogP contribution in [0.25, 0.3) is 28.2 Å². The Morgan fingerprint density at radius 3 is 2.81 bits per heavy atom. The molecule has 3 heteroatoms. The van der Waals surface area contributed by atoms with E-state index in [9.17, 15) is 0 Å². The van der Waals surface area contributed by atoms with Crippen molar-refractivity contribution in [2.75, 3.05) is 0 Å². The summed E-state index contributed by atoms with van der Waals surface area (Å²) in [6, 6.07) is 13.2. The molecule has 2 aromatic heterocycles. The van der Waals surface area contributed by atoms with Crippen LogP contribution in [0.4, 0.5) is 0 Å². The molecule has 0 N–H and O–H groups in total. The lowest BCUT2D eigenvalue weighted by Gasteiger charge is -2.13. The second-order valence-electron chi connectivity index (χ2n) is 7.70. The van der Waals surface area contributed by atoms with Crippen LogP contribution in [0.1, 0.15) is 27.8 Å². The van der Waals surface area contributed by atoms with Crippen LogP contribution >= 0.6 is 0 Å². The van der Waals surface area contributed by atoms with Gasteiger partial charge in [-0.1, -0.05) is 24.3 Å². The number of rotatable bonds is 1. The van der Waals surface area contributed by atoms with Gasteiger partial charge in [0.2, 0.25) is 0 Å². The van der Waals surface area contributed by atoms with Crippen molar-refractivity contribution >= 4 is 0 Å². The van der Waals surface area contributed by atoms with Crippen LogP contribution in [0, 0.1) is 13.8 Å². The largest absolute Gasteiger partial charge is 0.294 e. The molecular weight excluding hydrogens is 330 g/mol. The predicted octanol–water partition coefficient (Wildman–Crippen LogP) is 4.38. The van der Waals surface area contributed by atoms with E-state index in [-0.39, 0.29) is 0 Å². The standard InChI is InChI=1S/C24H20N3/c1-15-11-16(2)23(20-12-17-7-8-25-13-21(17)22(15)20)27-10-9-26-14-18-5-3-4-6-19(18)24(26)27/h3-11,13H,12,14H2,1-2H3/q+1. The van der Waals surface area contributed by atoms with Crippen LogP contribution in [-0.2, 0) is 13.0 Å². The molecule has 0 amide bonds. The van der Waals surface area contributed by atoms with E-state index in [0.717, 1.165) is 13.0 Å². The zero-order valence-corrected chi connectivity index (χ0v) is 15.5. The average Bonchev–Trinajstić information content (AvgIpc) is 3.33. The lowest BCUT2D eigenvalue weighted by molar-refractivity contribution is -0.671. The summed E-state index contributed by atoms with van der Waals surface area (Å²) >= 11 is 0. The van der Waals surface area contributed by atoms with Crippen molar-refractivity contribution in [2.24, 2.45) is 0 Å². The number of nitrogens with zero attached hydrogens (tertiary/aromatic N) is 3. The van der Waals surface area contributed by atoms with Gasteiger partial charge in [-0.05, 0) is 48.2 Å². The van der Waals surface area contributed by atoms with E-state index in [1.54, 1.807) is 0 Å². The second-order valence-corrected chi connectivity index (χ2v) is 7.70. The molecule has 0 fully saturated rings. The van der Waals surface area contributed by atoms with E-state index in [1.807, 2.05) is 12.4 Å². The first-order valence-electron chi connectivity index (χ1n) is 9.48. The Bertz CT molecular complexity index is 1250. The molecular formula is C24H20N3+. The average molecular weight is 350 g/mol. The van der Waals surface area contributed by atoms with Crippen LogP contribution in [0.15, 0.2) is 61.2 Å². The molecule has 27 heavy (non-hydrogen) atoms. The number of imidazole rings is 1. The van der Waals surface area contributed by atoms with Gasteiger partial charge < -0.3 is 0 Å². The minimum absolute atomic E-state index is 0.954. The predicted molar refractivity (Wildman–Crippen MR) is 106 cm³/mol. The Kier molecular flexibility index (Phi) is 2.85. The third-order valence-electron chi connectivity index (χ3n) is 6.07. The highest BCUT2D eigenvalue weighted by molar-refractivity contribution is 5.83. The van der Waals surface area contributed by atoms with Gasteiger partial charge in [-0.3, -0.25) is 4.98 Å². The summed E-state index contributed by atoms with van der Waals surface area (Å²) in [4.78, 5) is 4.39. The molecule has 0 bridgehead atoms. The van der Waals surface area contributed by atoms with Gasteiger partial charge in [-0.2, -0.15) is 4.57 Å². The van der Waals surface area contributed by atoms with Crippen LogP contribution in [-0.4, -0.2) is 9.55 Å². The molecule has 2 aromatic carbocycles. The van der Waals surface area contributed by atoms with E-state index >= 15 is 0 Å². The lowest BCUT2D eigenvalue weighted by atomic mass is 9.96. The van der Waals surface area contributed by atoms with E-state index < -0.39 is 0 Å². The number of aryl methyl sites for hydroxylation is 2. The minimum Gasteiger partial charge on any atom is -0.264 e. The van der Waals surface area contributed by atoms with Crippen LogP contribution in [0.2, 0.25) is 0 Å². The van der Waals surface area contributed by atoms with Gasteiger partial charge in [-0.25, -0.2) is 4.57 Å². The highest BCUT2D eigenvalue weighted by Gasteiger charge is 2.34. The van der Waals surface area contributed by atoms with Crippen molar-refractivity contribution in [1.29, 1.82) is 0 Å². The molecule has 0 spiro atoms. The first-order chi connectivity index (χ1) is 13.2.